The molecule has 0 aliphatic heterocycles. The average molecular weight is 323 g/mol. The summed E-state index contributed by atoms with van der Waals surface area (Å²) in [7, 11) is -3.80. The molecule has 1 aromatic rings. The number of anilines is 1. The SMILES string of the molecule is NS(=O)(=O)c1ccc(NC(=O)C2CC=CCC2C(=O)[O-])cc1. The fraction of sp³-hybridized carbons (Fsp3) is 0.286. The Kier molecular flexibility index (Phi) is 4.62. The van der Waals surface area contributed by atoms with Gasteiger partial charge in [-0.3, -0.25) is 4.79 Å². The Balaban J connectivity index is 2.11. The van der Waals surface area contributed by atoms with E-state index in [0.717, 1.165) is 0 Å². The van der Waals surface area contributed by atoms with Crippen molar-refractivity contribution in [2.45, 2.75) is 17.7 Å². The lowest BCUT2D eigenvalue weighted by molar-refractivity contribution is -0.313. The molecule has 0 aromatic heterocycles. The summed E-state index contributed by atoms with van der Waals surface area (Å²) < 4.78 is 22.3. The number of carboxylic acid groups (broad SMARTS) is 1. The molecule has 0 heterocycles. The molecule has 1 aliphatic carbocycles. The summed E-state index contributed by atoms with van der Waals surface area (Å²) in [5.74, 6) is -3.28. The van der Waals surface area contributed by atoms with Crippen LogP contribution in [-0.2, 0) is 19.6 Å². The molecule has 1 aliphatic rings. The van der Waals surface area contributed by atoms with E-state index in [2.05, 4.69) is 5.32 Å². The van der Waals surface area contributed by atoms with Gasteiger partial charge in [-0.25, -0.2) is 13.6 Å². The highest BCUT2D eigenvalue weighted by atomic mass is 32.2. The molecule has 1 aromatic carbocycles. The van der Waals surface area contributed by atoms with Crippen LogP contribution in [-0.4, -0.2) is 20.3 Å². The largest absolute Gasteiger partial charge is 0.550 e. The van der Waals surface area contributed by atoms with Crippen molar-refractivity contribution in [1.29, 1.82) is 0 Å². The molecule has 0 fully saturated rings. The number of nitrogens with two attached hydrogens (primary N) is 1. The highest BCUT2D eigenvalue weighted by Gasteiger charge is 2.29. The maximum Gasteiger partial charge on any atom is 0.238 e. The first kappa shape index (κ1) is 16.2. The Morgan fingerprint density at radius 3 is 2.14 bits per heavy atom. The zero-order valence-electron chi connectivity index (χ0n) is 11.6. The van der Waals surface area contributed by atoms with Gasteiger partial charge in [-0.2, -0.15) is 0 Å². The van der Waals surface area contributed by atoms with Gasteiger partial charge in [0, 0.05) is 17.6 Å². The third kappa shape index (κ3) is 3.71. The molecule has 0 radical (unpaired) electrons. The smallest absolute Gasteiger partial charge is 0.238 e. The van der Waals surface area contributed by atoms with Crippen molar-refractivity contribution in [3.05, 3.63) is 36.4 Å². The molecule has 0 bridgehead atoms. The molecule has 2 rings (SSSR count). The number of benzene rings is 1. The van der Waals surface area contributed by atoms with E-state index in [4.69, 9.17) is 5.14 Å². The van der Waals surface area contributed by atoms with E-state index in [-0.39, 0.29) is 11.3 Å². The summed E-state index contributed by atoms with van der Waals surface area (Å²) in [4.78, 5) is 23.2. The van der Waals surface area contributed by atoms with E-state index >= 15 is 0 Å². The average Bonchev–Trinajstić information content (AvgIpc) is 2.46. The van der Waals surface area contributed by atoms with Gasteiger partial charge in [0.2, 0.25) is 15.9 Å². The van der Waals surface area contributed by atoms with Crippen LogP contribution in [0.1, 0.15) is 12.8 Å². The number of carboxylic acids is 1. The van der Waals surface area contributed by atoms with E-state index in [0.29, 0.717) is 12.1 Å². The van der Waals surface area contributed by atoms with Gasteiger partial charge in [-0.1, -0.05) is 12.2 Å². The number of allylic oxidation sites excluding steroid dienone is 2. The minimum Gasteiger partial charge on any atom is -0.550 e. The summed E-state index contributed by atoms with van der Waals surface area (Å²) in [6.07, 6.45) is 4.05. The first-order valence-electron chi connectivity index (χ1n) is 6.58. The summed E-state index contributed by atoms with van der Waals surface area (Å²) in [6, 6.07) is 5.32. The highest BCUT2D eigenvalue weighted by molar-refractivity contribution is 7.89. The van der Waals surface area contributed by atoms with E-state index in [1.165, 1.54) is 24.3 Å². The number of aliphatic carboxylic acids is 1. The molecule has 2 unspecified atom stereocenters. The number of hydrogen-bond donors (Lipinski definition) is 2. The topological polar surface area (TPSA) is 129 Å². The summed E-state index contributed by atoms with van der Waals surface area (Å²) in [6.45, 7) is 0. The molecule has 0 saturated carbocycles. The van der Waals surface area contributed by atoms with Crippen molar-refractivity contribution < 1.29 is 23.1 Å². The molecule has 8 heteroatoms. The van der Waals surface area contributed by atoms with Crippen LogP contribution in [0.4, 0.5) is 5.69 Å². The normalized spacial score (nSPS) is 21.3. The van der Waals surface area contributed by atoms with Crippen molar-refractivity contribution in [1.82, 2.24) is 0 Å². The van der Waals surface area contributed by atoms with Gasteiger partial charge in [0.15, 0.2) is 0 Å². The van der Waals surface area contributed by atoms with Crippen LogP contribution >= 0.6 is 0 Å². The second-order valence-corrected chi connectivity index (χ2v) is 6.59. The number of sulfonamides is 1. The lowest BCUT2D eigenvalue weighted by Crippen LogP contribution is -2.41. The van der Waals surface area contributed by atoms with Gasteiger partial charge in [0.05, 0.1) is 10.8 Å². The second kappa shape index (κ2) is 6.29. The van der Waals surface area contributed by atoms with E-state index in [9.17, 15) is 23.1 Å². The summed E-state index contributed by atoms with van der Waals surface area (Å²) in [5.41, 5.74) is 0.365. The number of rotatable bonds is 4. The van der Waals surface area contributed by atoms with Crippen molar-refractivity contribution in [2.75, 3.05) is 5.32 Å². The van der Waals surface area contributed by atoms with Crippen LogP contribution in [0.2, 0.25) is 0 Å². The quantitative estimate of drug-likeness (QED) is 0.729. The third-order valence-electron chi connectivity index (χ3n) is 3.52. The lowest BCUT2D eigenvalue weighted by atomic mass is 9.82. The van der Waals surface area contributed by atoms with Gasteiger partial charge >= 0.3 is 0 Å². The first-order valence-corrected chi connectivity index (χ1v) is 8.13. The number of carbonyl (C=O) groups excluding carboxylic acids is 2. The first-order chi connectivity index (χ1) is 10.3. The molecule has 3 N–H and O–H groups in total. The van der Waals surface area contributed by atoms with Crippen LogP contribution in [0.25, 0.3) is 0 Å². The molecule has 0 saturated heterocycles. The number of hydrogen-bond acceptors (Lipinski definition) is 5. The molecular formula is C14H15N2O5S-. The zero-order valence-corrected chi connectivity index (χ0v) is 12.4. The number of carbonyl (C=O) groups is 2. The van der Waals surface area contributed by atoms with E-state index in [1.54, 1.807) is 12.2 Å². The minimum atomic E-state index is -3.80. The van der Waals surface area contributed by atoms with Crippen LogP contribution in [0.3, 0.4) is 0 Å². The van der Waals surface area contributed by atoms with E-state index < -0.39 is 33.7 Å². The fourth-order valence-electron chi connectivity index (χ4n) is 2.33. The number of nitrogens with one attached hydrogen (secondary N) is 1. The Morgan fingerprint density at radius 1 is 1.09 bits per heavy atom. The van der Waals surface area contributed by atoms with E-state index in [1.807, 2.05) is 0 Å². The summed E-state index contributed by atoms with van der Waals surface area (Å²) >= 11 is 0. The second-order valence-electron chi connectivity index (χ2n) is 5.03. The Bertz CT molecular complexity index is 709. The van der Waals surface area contributed by atoms with Gasteiger partial charge in [0.25, 0.3) is 0 Å². The fourth-order valence-corrected chi connectivity index (χ4v) is 2.84. The molecule has 22 heavy (non-hydrogen) atoms. The number of amides is 1. The standard InChI is InChI=1S/C14H16N2O5S/c15-22(20,21)10-7-5-9(6-8-10)16-13(17)11-3-1-2-4-12(11)14(18)19/h1-2,5-8,11-12H,3-4H2,(H,16,17)(H,18,19)(H2,15,20,21)/p-1. The molecule has 7 nitrogen and oxygen atoms in total. The summed E-state index contributed by atoms with van der Waals surface area (Å²) in [5, 5.41) is 18.6. The number of primary sulfonamides is 1. The van der Waals surface area contributed by atoms with Crippen LogP contribution in [0, 0.1) is 11.8 Å². The maximum atomic E-state index is 12.2. The van der Waals surface area contributed by atoms with Gasteiger partial charge in [-0.05, 0) is 37.1 Å². The Hall–Kier alpha value is -2.19. The predicted octanol–water partition coefficient (Wildman–Crippen LogP) is -0.395. The lowest BCUT2D eigenvalue weighted by Gasteiger charge is -2.28. The zero-order chi connectivity index (χ0) is 16.3. The van der Waals surface area contributed by atoms with Crippen molar-refractivity contribution >= 4 is 27.6 Å². The van der Waals surface area contributed by atoms with Crippen molar-refractivity contribution in [2.24, 2.45) is 17.0 Å². The minimum absolute atomic E-state index is 0.0706. The van der Waals surface area contributed by atoms with Crippen LogP contribution < -0.4 is 15.6 Å². The van der Waals surface area contributed by atoms with Gasteiger partial charge < -0.3 is 15.2 Å². The molecule has 2 atom stereocenters. The monoisotopic (exact) mass is 323 g/mol. The predicted molar refractivity (Wildman–Crippen MR) is 76.8 cm³/mol. The van der Waals surface area contributed by atoms with Crippen LogP contribution in [0.15, 0.2) is 41.3 Å². The molecule has 1 amide bonds. The van der Waals surface area contributed by atoms with Gasteiger partial charge in [0.1, 0.15) is 0 Å². The third-order valence-corrected chi connectivity index (χ3v) is 4.45. The maximum absolute atomic E-state index is 12.2. The van der Waals surface area contributed by atoms with Crippen molar-refractivity contribution in [3.8, 4) is 0 Å². The van der Waals surface area contributed by atoms with Crippen molar-refractivity contribution in [3.63, 3.8) is 0 Å². The van der Waals surface area contributed by atoms with Crippen LogP contribution in [0.5, 0.6) is 0 Å². The Labute approximate surface area is 127 Å². The molecular weight excluding hydrogens is 308 g/mol. The molecule has 118 valence electrons. The Morgan fingerprint density at radius 2 is 1.64 bits per heavy atom. The van der Waals surface area contributed by atoms with Gasteiger partial charge in [-0.15, -0.1) is 0 Å². The molecule has 0 spiro atoms. The highest BCUT2D eigenvalue weighted by Crippen LogP contribution is 2.26.